The van der Waals surface area contributed by atoms with Crippen LogP contribution in [0.15, 0.2) is 66.5 Å². The third kappa shape index (κ3) is 5.82. The van der Waals surface area contributed by atoms with Crippen LogP contribution in [0.25, 0.3) is 5.76 Å². The van der Waals surface area contributed by atoms with Crippen molar-refractivity contribution in [1.29, 1.82) is 0 Å². The molecule has 0 aliphatic carbocycles. The number of ether oxygens (including phenoxy) is 2. The van der Waals surface area contributed by atoms with E-state index in [1.54, 1.807) is 31.6 Å². The number of methoxy groups -OCH3 is 1. The fourth-order valence-electron chi connectivity index (χ4n) is 4.84. The molecule has 0 radical (unpaired) electrons. The van der Waals surface area contributed by atoms with E-state index in [4.69, 9.17) is 9.47 Å². The summed E-state index contributed by atoms with van der Waals surface area (Å²) in [6.07, 6.45) is 3.30. The molecule has 1 aliphatic heterocycles. The second kappa shape index (κ2) is 11.7. The zero-order valence-electron chi connectivity index (χ0n) is 23.4. The summed E-state index contributed by atoms with van der Waals surface area (Å²) < 4.78 is 11.5. The Bertz CT molecular complexity index is 1390. The highest BCUT2D eigenvalue weighted by Gasteiger charge is 2.46. The van der Waals surface area contributed by atoms with Crippen LogP contribution >= 0.6 is 0 Å². The van der Waals surface area contributed by atoms with E-state index in [-0.39, 0.29) is 23.8 Å². The largest absolute Gasteiger partial charge is 0.507 e. The molecule has 1 aliphatic rings. The molecule has 39 heavy (non-hydrogen) atoms. The number of carbonyl (C=O) groups is 2. The Kier molecular flexibility index (Phi) is 8.38. The quantitative estimate of drug-likeness (QED) is 0.203. The smallest absolute Gasteiger partial charge is 0.295 e. The minimum atomic E-state index is -0.801. The average molecular weight is 529 g/mol. The van der Waals surface area contributed by atoms with Crippen molar-refractivity contribution >= 4 is 17.4 Å². The van der Waals surface area contributed by atoms with Crippen molar-refractivity contribution in [3.8, 4) is 11.5 Å². The number of aliphatic hydroxyl groups is 1. The number of carbonyl (C=O) groups excluding carboxylic acids is 2. The van der Waals surface area contributed by atoms with Gasteiger partial charge in [-0.3, -0.25) is 14.6 Å². The van der Waals surface area contributed by atoms with Gasteiger partial charge in [-0.2, -0.15) is 0 Å². The monoisotopic (exact) mass is 528 g/mol. The van der Waals surface area contributed by atoms with Crippen molar-refractivity contribution in [2.24, 2.45) is 5.92 Å². The maximum absolute atomic E-state index is 13.6. The number of hydrogen-bond acceptors (Lipinski definition) is 6. The Morgan fingerprint density at radius 1 is 1.05 bits per heavy atom. The normalized spacial score (nSPS) is 16.8. The molecule has 1 saturated heterocycles. The van der Waals surface area contributed by atoms with Crippen molar-refractivity contribution in [1.82, 2.24) is 9.88 Å². The fourth-order valence-corrected chi connectivity index (χ4v) is 4.84. The molecule has 7 nitrogen and oxygen atoms in total. The van der Waals surface area contributed by atoms with Gasteiger partial charge in [0.15, 0.2) is 0 Å². The molecular weight excluding hydrogens is 492 g/mol. The van der Waals surface area contributed by atoms with E-state index in [1.807, 2.05) is 57.2 Å². The van der Waals surface area contributed by atoms with Crippen LogP contribution < -0.4 is 9.47 Å². The van der Waals surface area contributed by atoms with Gasteiger partial charge in [-0.1, -0.05) is 39.8 Å². The number of amides is 1. The molecule has 0 saturated carbocycles. The van der Waals surface area contributed by atoms with Crippen LogP contribution in [0.3, 0.4) is 0 Å². The molecule has 0 bridgehead atoms. The summed E-state index contributed by atoms with van der Waals surface area (Å²) in [6, 6.07) is 13.9. The molecule has 1 unspecified atom stereocenters. The van der Waals surface area contributed by atoms with Gasteiger partial charge in [-0.05, 0) is 77.4 Å². The summed E-state index contributed by atoms with van der Waals surface area (Å²) in [5, 5.41) is 11.7. The summed E-state index contributed by atoms with van der Waals surface area (Å²) >= 11 is 0. The van der Waals surface area contributed by atoms with Gasteiger partial charge >= 0.3 is 0 Å². The number of likely N-dealkylation sites (tertiary alicyclic amines) is 1. The summed E-state index contributed by atoms with van der Waals surface area (Å²) in [4.78, 5) is 32.6. The Hall–Kier alpha value is -4.13. The van der Waals surface area contributed by atoms with Crippen LogP contribution in [0, 0.1) is 12.8 Å². The van der Waals surface area contributed by atoms with Gasteiger partial charge in [0.25, 0.3) is 11.7 Å². The summed E-state index contributed by atoms with van der Waals surface area (Å²) in [7, 11) is 1.61. The van der Waals surface area contributed by atoms with Gasteiger partial charge in [0.2, 0.25) is 0 Å². The molecule has 4 rings (SSSR count). The van der Waals surface area contributed by atoms with E-state index in [0.717, 1.165) is 16.7 Å². The molecule has 1 N–H and O–H groups in total. The SMILES string of the molecule is COc1cc(C)c(/C(O)=C2\C(=O)C(=O)N(Cc3ccncc3)C2c2cccc(OCC(C)C)c2)cc1C(C)C. The summed E-state index contributed by atoms with van der Waals surface area (Å²) in [6.45, 7) is 10.8. The van der Waals surface area contributed by atoms with Crippen molar-refractivity contribution in [3.05, 3.63) is 94.3 Å². The molecule has 204 valence electrons. The number of aliphatic hydroxyl groups excluding tert-OH is 1. The highest BCUT2D eigenvalue weighted by molar-refractivity contribution is 6.46. The minimum absolute atomic E-state index is 0.0537. The van der Waals surface area contributed by atoms with Crippen LogP contribution in [0.5, 0.6) is 11.5 Å². The van der Waals surface area contributed by atoms with Crippen molar-refractivity contribution in [2.75, 3.05) is 13.7 Å². The summed E-state index contributed by atoms with van der Waals surface area (Å²) in [5.41, 5.74) is 3.70. The number of aryl methyl sites for hydroxylation is 1. The van der Waals surface area contributed by atoms with Crippen LogP contribution in [-0.2, 0) is 16.1 Å². The molecule has 7 heteroatoms. The lowest BCUT2D eigenvalue weighted by atomic mass is 9.91. The van der Waals surface area contributed by atoms with E-state index in [2.05, 4.69) is 18.8 Å². The topological polar surface area (TPSA) is 89.0 Å². The van der Waals surface area contributed by atoms with Crippen molar-refractivity contribution in [3.63, 3.8) is 0 Å². The second-order valence-corrected chi connectivity index (χ2v) is 10.6. The van der Waals surface area contributed by atoms with Gasteiger partial charge in [0.05, 0.1) is 25.3 Å². The predicted octanol–water partition coefficient (Wildman–Crippen LogP) is 6.18. The Balaban J connectivity index is 1.90. The molecule has 1 atom stereocenters. The maximum Gasteiger partial charge on any atom is 0.295 e. The molecule has 0 spiro atoms. The first kappa shape index (κ1) is 27.9. The lowest BCUT2D eigenvalue weighted by molar-refractivity contribution is -0.140. The molecule has 1 aromatic heterocycles. The van der Waals surface area contributed by atoms with E-state index in [9.17, 15) is 14.7 Å². The number of benzene rings is 2. The second-order valence-electron chi connectivity index (χ2n) is 10.6. The molecule has 1 fully saturated rings. The highest BCUT2D eigenvalue weighted by atomic mass is 16.5. The van der Waals surface area contributed by atoms with Crippen LogP contribution in [0.4, 0.5) is 0 Å². The van der Waals surface area contributed by atoms with E-state index in [0.29, 0.717) is 35.2 Å². The number of Topliss-reactive ketones (excluding diaryl/α,β-unsaturated/α-hetero) is 1. The van der Waals surface area contributed by atoms with Gasteiger partial charge in [-0.25, -0.2) is 0 Å². The maximum atomic E-state index is 13.6. The molecule has 2 heterocycles. The van der Waals surface area contributed by atoms with Gasteiger partial charge < -0.3 is 19.5 Å². The van der Waals surface area contributed by atoms with Crippen LogP contribution in [0.1, 0.15) is 67.5 Å². The number of ketones is 1. The Morgan fingerprint density at radius 3 is 2.41 bits per heavy atom. The first-order chi connectivity index (χ1) is 18.6. The average Bonchev–Trinajstić information content (AvgIpc) is 3.16. The lowest BCUT2D eigenvalue weighted by Crippen LogP contribution is -2.29. The number of hydrogen-bond donors (Lipinski definition) is 1. The summed E-state index contributed by atoms with van der Waals surface area (Å²) in [5.74, 6) is 0.211. The van der Waals surface area contributed by atoms with Crippen molar-refractivity contribution in [2.45, 2.75) is 53.1 Å². The zero-order chi connectivity index (χ0) is 28.3. The van der Waals surface area contributed by atoms with Gasteiger partial charge in [0, 0.05) is 24.5 Å². The fraction of sp³-hybridized carbons (Fsp3) is 0.344. The first-order valence-electron chi connectivity index (χ1n) is 13.2. The van der Waals surface area contributed by atoms with E-state index in [1.165, 1.54) is 4.90 Å². The Labute approximate surface area is 230 Å². The lowest BCUT2D eigenvalue weighted by Gasteiger charge is -2.26. The third-order valence-electron chi connectivity index (χ3n) is 6.85. The number of rotatable bonds is 9. The van der Waals surface area contributed by atoms with Gasteiger partial charge in [-0.15, -0.1) is 0 Å². The third-order valence-corrected chi connectivity index (χ3v) is 6.85. The standard InChI is InChI=1S/C32H36N2O5/c1-19(2)18-39-24-9-7-8-23(15-24)29-28(31(36)32(37)34(29)17-22-10-12-33-13-11-22)30(35)26-16-25(20(3)4)27(38-6)14-21(26)5/h7-16,19-20,29,35H,17-18H2,1-6H3/b30-28+. The highest BCUT2D eigenvalue weighted by Crippen LogP contribution is 2.42. The van der Waals surface area contributed by atoms with E-state index < -0.39 is 17.7 Å². The predicted molar refractivity (Wildman–Crippen MR) is 151 cm³/mol. The van der Waals surface area contributed by atoms with E-state index >= 15 is 0 Å². The zero-order valence-corrected chi connectivity index (χ0v) is 23.4. The molecular formula is C32H36N2O5. The molecule has 1 amide bonds. The first-order valence-corrected chi connectivity index (χ1v) is 13.2. The molecule has 2 aromatic carbocycles. The minimum Gasteiger partial charge on any atom is -0.507 e. The number of pyridine rings is 1. The van der Waals surface area contributed by atoms with Crippen LogP contribution in [-0.4, -0.2) is 40.4 Å². The molecule has 3 aromatic rings. The number of nitrogens with zero attached hydrogens (tertiary/aromatic N) is 2. The Morgan fingerprint density at radius 2 is 1.77 bits per heavy atom. The number of aromatic nitrogens is 1. The van der Waals surface area contributed by atoms with Crippen molar-refractivity contribution < 1.29 is 24.2 Å². The van der Waals surface area contributed by atoms with Crippen LogP contribution in [0.2, 0.25) is 0 Å². The van der Waals surface area contributed by atoms with Gasteiger partial charge in [0.1, 0.15) is 17.3 Å².